The van der Waals surface area contributed by atoms with Crippen molar-refractivity contribution in [2.75, 3.05) is 33.0 Å². The van der Waals surface area contributed by atoms with Crippen LogP contribution in [0.1, 0.15) is 56.4 Å². The van der Waals surface area contributed by atoms with E-state index in [9.17, 15) is 9.59 Å². The fourth-order valence-corrected chi connectivity index (χ4v) is 5.20. The molecule has 2 saturated heterocycles. The molecule has 7 nitrogen and oxygen atoms in total. The van der Waals surface area contributed by atoms with Crippen LogP contribution < -0.4 is 15.4 Å². The highest BCUT2D eigenvalue weighted by atomic mass is 16.5. The molecule has 3 atom stereocenters. The van der Waals surface area contributed by atoms with Crippen molar-refractivity contribution < 1.29 is 23.8 Å². The molecule has 1 saturated carbocycles. The second-order valence-corrected chi connectivity index (χ2v) is 9.20. The van der Waals surface area contributed by atoms with Gasteiger partial charge >= 0.3 is 0 Å². The minimum absolute atomic E-state index is 0.00726. The Labute approximate surface area is 190 Å². The van der Waals surface area contributed by atoms with Crippen LogP contribution in [0.25, 0.3) is 0 Å². The van der Waals surface area contributed by atoms with Gasteiger partial charge in [-0.3, -0.25) is 9.59 Å². The van der Waals surface area contributed by atoms with Gasteiger partial charge < -0.3 is 24.8 Å². The summed E-state index contributed by atoms with van der Waals surface area (Å²) in [5.74, 6) is 1.37. The van der Waals surface area contributed by atoms with Gasteiger partial charge in [0.2, 0.25) is 5.91 Å². The summed E-state index contributed by atoms with van der Waals surface area (Å²) in [7, 11) is 0. The van der Waals surface area contributed by atoms with E-state index in [1.54, 1.807) is 0 Å². The number of para-hydroxylation sites is 1. The second-order valence-electron chi connectivity index (χ2n) is 9.20. The second kappa shape index (κ2) is 11.8. The highest BCUT2D eigenvalue weighted by molar-refractivity contribution is 5.79. The van der Waals surface area contributed by atoms with Crippen LogP contribution in [0.15, 0.2) is 24.3 Å². The number of hydrogen-bond donors (Lipinski definition) is 2. The first kappa shape index (κ1) is 23.2. The number of ether oxygens (including phenoxy) is 3. The van der Waals surface area contributed by atoms with Gasteiger partial charge in [0.15, 0.2) is 6.29 Å². The molecule has 1 aromatic rings. The lowest BCUT2D eigenvalue weighted by Gasteiger charge is -2.36. The molecule has 32 heavy (non-hydrogen) atoms. The van der Waals surface area contributed by atoms with Crippen molar-refractivity contribution in [2.45, 2.75) is 69.1 Å². The molecule has 0 spiro atoms. The van der Waals surface area contributed by atoms with Crippen LogP contribution in [0.2, 0.25) is 0 Å². The maximum Gasteiger partial charge on any atom is 0.225 e. The largest absolute Gasteiger partial charge is 0.486 e. The first-order valence-corrected chi connectivity index (χ1v) is 12.1. The third-order valence-corrected chi connectivity index (χ3v) is 7.06. The van der Waals surface area contributed by atoms with Crippen molar-refractivity contribution in [3.05, 3.63) is 29.8 Å². The van der Waals surface area contributed by atoms with Gasteiger partial charge in [-0.05, 0) is 69.0 Å². The molecule has 1 aromatic carbocycles. The predicted octanol–water partition coefficient (Wildman–Crippen LogP) is 2.58. The summed E-state index contributed by atoms with van der Waals surface area (Å²) in [6, 6.07) is 8.32. The molecule has 2 aliphatic heterocycles. The zero-order chi connectivity index (χ0) is 22.2. The van der Waals surface area contributed by atoms with Crippen molar-refractivity contribution in [1.82, 2.24) is 10.6 Å². The average molecular weight is 445 g/mol. The number of nitrogens with one attached hydrogen (secondary N) is 2. The molecular weight excluding hydrogens is 408 g/mol. The van der Waals surface area contributed by atoms with Crippen LogP contribution in [-0.2, 0) is 19.1 Å². The first-order valence-electron chi connectivity index (χ1n) is 12.1. The van der Waals surface area contributed by atoms with Crippen molar-refractivity contribution in [3.63, 3.8) is 0 Å². The third-order valence-electron chi connectivity index (χ3n) is 7.06. The highest BCUT2D eigenvalue weighted by Gasteiger charge is 2.32. The van der Waals surface area contributed by atoms with Gasteiger partial charge in [0, 0.05) is 12.6 Å². The Morgan fingerprint density at radius 1 is 1.16 bits per heavy atom. The number of amides is 1. The summed E-state index contributed by atoms with van der Waals surface area (Å²) in [4.78, 5) is 23.2. The van der Waals surface area contributed by atoms with E-state index in [0.29, 0.717) is 25.7 Å². The van der Waals surface area contributed by atoms with E-state index in [4.69, 9.17) is 14.2 Å². The quantitative estimate of drug-likeness (QED) is 0.570. The maximum absolute atomic E-state index is 12.5. The van der Waals surface area contributed by atoms with Crippen molar-refractivity contribution in [3.8, 4) is 5.75 Å². The molecule has 0 unspecified atom stereocenters. The highest BCUT2D eigenvalue weighted by Crippen LogP contribution is 2.38. The smallest absolute Gasteiger partial charge is 0.225 e. The predicted molar refractivity (Wildman–Crippen MR) is 121 cm³/mol. The minimum atomic E-state index is -0.00726. The number of carbonyl (C=O) groups excluding carboxylic acids is 2. The van der Waals surface area contributed by atoms with Crippen molar-refractivity contribution >= 4 is 12.2 Å². The molecule has 1 amide bonds. The summed E-state index contributed by atoms with van der Waals surface area (Å²) in [5.41, 5.74) is 1.19. The van der Waals surface area contributed by atoms with Crippen LogP contribution in [0.4, 0.5) is 0 Å². The average Bonchev–Trinajstić information content (AvgIpc) is 3.38. The molecule has 2 N–H and O–H groups in total. The lowest BCUT2D eigenvalue weighted by atomic mass is 9.82. The molecule has 3 aliphatic rings. The van der Waals surface area contributed by atoms with E-state index in [1.807, 2.05) is 18.2 Å². The summed E-state index contributed by atoms with van der Waals surface area (Å²) in [6.07, 6.45) is 8.03. The number of aldehydes is 1. The normalized spacial score (nSPS) is 30.6. The molecule has 176 valence electrons. The molecule has 0 bridgehead atoms. The molecule has 1 aliphatic carbocycles. The number of hydrogen-bond acceptors (Lipinski definition) is 6. The SMILES string of the molecule is O=CCOc1ccccc1C1CCC(OC[C@@H]2NCCC[C@@H]2NC(=O)[C@H]2CCOC2)CC1. The Bertz CT molecular complexity index is 744. The fourth-order valence-electron chi connectivity index (χ4n) is 5.20. The summed E-state index contributed by atoms with van der Waals surface area (Å²) in [6.45, 7) is 2.91. The molecule has 0 aromatic heterocycles. The topological polar surface area (TPSA) is 85.9 Å². The Kier molecular flexibility index (Phi) is 8.54. The van der Waals surface area contributed by atoms with Crippen LogP contribution >= 0.6 is 0 Å². The van der Waals surface area contributed by atoms with Gasteiger partial charge in [-0.1, -0.05) is 18.2 Å². The van der Waals surface area contributed by atoms with E-state index in [2.05, 4.69) is 16.7 Å². The summed E-state index contributed by atoms with van der Waals surface area (Å²) >= 11 is 0. The zero-order valence-corrected chi connectivity index (χ0v) is 18.8. The number of carbonyl (C=O) groups is 2. The summed E-state index contributed by atoms with van der Waals surface area (Å²) < 4.78 is 17.3. The Morgan fingerprint density at radius 3 is 2.78 bits per heavy atom. The molecule has 0 radical (unpaired) electrons. The van der Waals surface area contributed by atoms with Gasteiger partial charge in [-0.25, -0.2) is 0 Å². The van der Waals surface area contributed by atoms with Gasteiger partial charge in [0.05, 0.1) is 31.3 Å². The monoisotopic (exact) mass is 444 g/mol. The zero-order valence-electron chi connectivity index (χ0n) is 18.8. The standard InChI is InChI=1S/C25H36N2O5/c28-13-15-31-24-6-2-1-4-21(24)18-7-9-20(10-8-18)32-17-23-22(5-3-12-26-23)27-25(29)19-11-14-30-16-19/h1-2,4,6,13,18-20,22-23,26H,3,5,7-12,14-17H2,(H,27,29)/t18?,19-,20?,22-,23-/m0/s1. The number of benzene rings is 1. The minimum Gasteiger partial charge on any atom is -0.486 e. The molecule has 4 rings (SSSR count). The number of piperidine rings is 1. The van der Waals surface area contributed by atoms with E-state index in [1.165, 1.54) is 5.56 Å². The van der Waals surface area contributed by atoms with Gasteiger partial charge in [-0.15, -0.1) is 0 Å². The summed E-state index contributed by atoms with van der Waals surface area (Å²) in [5, 5.41) is 6.80. The fraction of sp³-hybridized carbons (Fsp3) is 0.680. The maximum atomic E-state index is 12.5. The van der Waals surface area contributed by atoms with Gasteiger partial charge in [0.25, 0.3) is 0 Å². The molecule has 3 fully saturated rings. The van der Waals surface area contributed by atoms with E-state index in [0.717, 1.165) is 63.5 Å². The van der Waals surface area contributed by atoms with E-state index >= 15 is 0 Å². The Hall–Kier alpha value is -1.96. The third kappa shape index (κ3) is 6.09. The van der Waals surface area contributed by atoms with Crippen LogP contribution in [-0.4, -0.2) is 63.4 Å². The van der Waals surface area contributed by atoms with E-state index < -0.39 is 0 Å². The Balaban J connectivity index is 1.24. The van der Waals surface area contributed by atoms with Crippen molar-refractivity contribution in [1.29, 1.82) is 0 Å². The van der Waals surface area contributed by atoms with Gasteiger partial charge in [-0.2, -0.15) is 0 Å². The van der Waals surface area contributed by atoms with Crippen LogP contribution in [0.3, 0.4) is 0 Å². The lowest BCUT2D eigenvalue weighted by molar-refractivity contribution is -0.126. The van der Waals surface area contributed by atoms with Gasteiger partial charge in [0.1, 0.15) is 12.4 Å². The first-order chi connectivity index (χ1) is 15.7. The van der Waals surface area contributed by atoms with Crippen molar-refractivity contribution in [2.24, 2.45) is 5.92 Å². The van der Waals surface area contributed by atoms with Crippen LogP contribution in [0, 0.1) is 5.92 Å². The molecule has 7 heteroatoms. The van der Waals surface area contributed by atoms with E-state index in [-0.39, 0.29) is 36.6 Å². The lowest BCUT2D eigenvalue weighted by Crippen LogP contribution is -2.56. The van der Waals surface area contributed by atoms with Crippen LogP contribution in [0.5, 0.6) is 5.75 Å². The molecule has 2 heterocycles. The Morgan fingerprint density at radius 2 is 2.00 bits per heavy atom. The number of rotatable bonds is 9. The molecular formula is C25H36N2O5.